The first kappa shape index (κ1) is 12.2. The van der Waals surface area contributed by atoms with E-state index >= 15 is 0 Å². The Kier molecular flexibility index (Phi) is 3.04. The van der Waals surface area contributed by atoms with Crippen molar-refractivity contribution >= 4 is 23.3 Å². The number of rotatable bonds is 2. The third kappa shape index (κ3) is 2.55. The van der Waals surface area contributed by atoms with Crippen molar-refractivity contribution < 1.29 is 9.90 Å². The number of hydrogen-bond acceptors (Lipinski definition) is 2. The molecule has 1 saturated heterocycles. The second kappa shape index (κ2) is 4.22. The summed E-state index contributed by atoms with van der Waals surface area (Å²) in [5, 5.41) is 9.66. The Morgan fingerprint density at radius 3 is 2.71 bits per heavy atom. The summed E-state index contributed by atoms with van der Waals surface area (Å²) in [6, 6.07) is 5.06. The summed E-state index contributed by atoms with van der Waals surface area (Å²) in [7, 11) is 0. The number of carbonyl (C=O) groups is 1. The number of nitrogens with zero attached hydrogens (tertiary/aromatic N) is 1. The van der Waals surface area contributed by atoms with E-state index < -0.39 is 5.97 Å². The van der Waals surface area contributed by atoms with Crippen molar-refractivity contribution in [2.24, 2.45) is 5.41 Å². The predicted molar refractivity (Wildman–Crippen MR) is 69.0 cm³/mol. The van der Waals surface area contributed by atoms with Crippen molar-refractivity contribution in [1.29, 1.82) is 0 Å². The second-order valence-electron chi connectivity index (χ2n) is 5.30. The van der Waals surface area contributed by atoms with E-state index in [2.05, 4.69) is 18.7 Å². The van der Waals surface area contributed by atoms with Crippen molar-refractivity contribution in [2.45, 2.75) is 20.3 Å². The van der Waals surface area contributed by atoms with Crippen LogP contribution >= 0.6 is 11.6 Å². The van der Waals surface area contributed by atoms with Crippen LogP contribution in [0.1, 0.15) is 30.6 Å². The maximum atomic E-state index is 11.2. The minimum atomic E-state index is -0.924. The molecule has 1 aromatic carbocycles. The molecular formula is C13H16ClNO2. The topological polar surface area (TPSA) is 40.5 Å². The Balaban J connectivity index is 2.36. The molecule has 1 heterocycles. The van der Waals surface area contributed by atoms with Crippen LogP contribution in [0.2, 0.25) is 5.02 Å². The van der Waals surface area contributed by atoms with E-state index in [4.69, 9.17) is 11.6 Å². The first-order chi connectivity index (χ1) is 7.89. The molecule has 1 aliphatic rings. The van der Waals surface area contributed by atoms with Gasteiger partial charge in [0.2, 0.25) is 0 Å². The van der Waals surface area contributed by atoms with Crippen LogP contribution in [0.4, 0.5) is 5.69 Å². The van der Waals surface area contributed by atoms with E-state index in [1.165, 1.54) is 6.07 Å². The summed E-state index contributed by atoms with van der Waals surface area (Å²) in [4.78, 5) is 13.3. The zero-order valence-corrected chi connectivity index (χ0v) is 10.8. The zero-order valence-electron chi connectivity index (χ0n) is 10.0. The normalized spacial score (nSPS) is 18.4. The molecule has 0 aromatic heterocycles. The quantitative estimate of drug-likeness (QED) is 0.879. The summed E-state index contributed by atoms with van der Waals surface area (Å²) < 4.78 is 0. The number of benzene rings is 1. The van der Waals surface area contributed by atoms with E-state index in [-0.39, 0.29) is 11.0 Å². The van der Waals surface area contributed by atoms with Crippen LogP contribution in [0.15, 0.2) is 18.2 Å². The van der Waals surface area contributed by atoms with Gasteiger partial charge in [-0.3, -0.25) is 0 Å². The van der Waals surface area contributed by atoms with Gasteiger partial charge in [0, 0.05) is 18.1 Å². The summed E-state index contributed by atoms with van der Waals surface area (Å²) in [6.07, 6.45) is 1.08. The van der Waals surface area contributed by atoms with Crippen molar-refractivity contribution in [3.63, 3.8) is 0 Å². The highest BCUT2D eigenvalue weighted by Crippen LogP contribution is 2.34. The first-order valence-corrected chi connectivity index (χ1v) is 6.05. The average molecular weight is 254 g/mol. The van der Waals surface area contributed by atoms with Crippen LogP contribution in [0.5, 0.6) is 0 Å². The van der Waals surface area contributed by atoms with E-state index in [9.17, 15) is 9.90 Å². The van der Waals surface area contributed by atoms with E-state index in [1.807, 2.05) is 0 Å². The molecule has 17 heavy (non-hydrogen) atoms. The lowest BCUT2D eigenvalue weighted by molar-refractivity contribution is 0.0697. The van der Waals surface area contributed by atoms with Crippen molar-refractivity contribution in [3.05, 3.63) is 28.8 Å². The van der Waals surface area contributed by atoms with Gasteiger partial charge in [-0.15, -0.1) is 0 Å². The molecule has 2 rings (SSSR count). The summed E-state index contributed by atoms with van der Waals surface area (Å²) >= 11 is 5.84. The standard InChI is InChI=1S/C13H16ClNO2/c1-13(2)5-6-15(8-13)11-4-3-9(14)7-10(11)12(16)17/h3-4,7H,5-6,8H2,1-2H3,(H,16,17). The highest BCUT2D eigenvalue weighted by molar-refractivity contribution is 6.31. The lowest BCUT2D eigenvalue weighted by Gasteiger charge is -2.23. The largest absolute Gasteiger partial charge is 0.478 e. The highest BCUT2D eigenvalue weighted by Gasteiger charge is 2.31. The van der Waals surface area contributed by atoms with Gasteiger partial charge in [0.15, 0.2) is 0 Å². The van der Waals surface area contributed by atoms with Gasteiger partial charge in [0.25, 0.3) is 0 Å². The fraction of sp³-hybridized carbons (Fsp3) is 0.462. The smallest absolute Gasteiger partial charge is 0.337 e. The molecule has 1 aromatic rings. The first-order valence-electron chi connectivity index (χ1n) is 5.67. The molecule has 1 aliphatic heterocycles. The monoisotopic (exact) mass is 253 g/mol. The Hall–Kier alpha value is -1.22. The Morgan fingerprint density at radius 2 is 2.18 bits per heavy atom. The van der Waals surface area contributed by atoms with Crippen LogP contribution in [-0.2, 0) is 0 Å². The fourth-order valence-corrected chi connectivity index (χ4v) is 2.45. The van der Waals surface area contributed by atoms with Crippen LogP contribution < -0.4 is 4.90 Å². The van der Waals surface area contributed by atoms with Gasteiger partial charge in [-0.25, -0.2) is 4.79 Å². The van der Waals surface area contributed by atoms with Crippen LogP contribution in [-0.4, -0.2) is 24.2 Å². The number of carboxylic acid groups (broad SMARTS) is 1. The SMILES string of the molecule is CC1(C)CCN(c2ccc(Cl)cc2C(=O)O)C1. The molecule has 0 unspecified atom stereocenters. The van der Waals surface area contributed by atoms with Crippen molar-refractivity contribution in [3.8, 4) is 0 Å². The van der Waals surface area contributed by atoms with E-state index in [0.29, 0.717) is 5.02 Å². The van der Waals surface area contributed by atoms with Gasteiger partial charge >= 0.3 is 5.97 Å². The van der Waals surface area contributed by atoms with Crippen LogP contribution in [0.3, 0.4) is 0 Å². The molecule has 1 N–H and O–H groups in total. The molecule has 0 radical (unpaired) electrons. The summed E-state index contributed by atoms with van der Waals surface area (Å²) in [6.45, 7) is 6.18. The third-order valence-corrected chi connectivity index (χ3v) is 3.44. The number of aromatic carboxylic acids is 1. The maximum Gasteiger partial charge on any atom is 0.337 e. The lowest BCUT2D eigenvalue weighted by Crippen LogP contribution is -2.24. The maximum absolute atomic E-state index is 11.2. The van der Waals surface area contributed by atoms with E-state index in [1.54, 1.807) is 12.1 Å². The summed E-state index contributed by atoms with van der Waals surface area (Å²) in [5.74, 6) is -0.924. The molecule has 4 heteroatoms. The number of carboxylic acids is 1. The van der Waals surface area contributed by atoms with Gasteiger partial charge in [-0.1, -0.05) is 25.4 Å². The van der Waals surface area contributed by atoms with E-state index in [0.717, 1.165) is 25.2 Å². The highest BCUT2D eigenvalue weighted by atomic mass is 35.5. The van der Waals surface area contributed by atoms with Crippen LogP contribution in [0, 0.1) is 5.41 Å². The molecular weight excluding hydrogens is 238 g/mol. The number of hydrogen-bond donors (Lipinski definition) is 1. The molecule has 0 spiro atoms. The van der Waals surface area contributed by atoms with Gasteiger partial charge in [-0.05, 0) is 30.0 Å². The molecule has 3 nitrogen and oxygen atoms in total. The predicted octanol–water partition coefficient (Wildman–Crippen LogP) is 3.27. The van der Waals surface area contributed by atoms with Gasteiger partial charge in [-0.2, -0.15) is 0 Å². The summed E-state index contributed by atoms with van der Waals surface area (Å²) in [5.41, 5.74) is 1.30. The third-order valence-electron chi connectivity index (χ3n) is 3.21. The molecule has 0 saturated carbocycles. The number of anilines is 1. The fourth-order valence-electron chi connectivity index (χ4n) is 2.27. The molecule has 0 bridgehead atoms. The van der Waals surface area contributed by atoms with Gasteiger partial charge in [0.1, 0.15) is 0 Å². The van der Waals surface area contributed by atoms with Gasteiger partial charge < -0.3 is 10.0 Å². The Labute approximate surface area is 106 Å². The molecule has 92 valence electrons. The average Bonchev–Trinajstić information content (AvgIpc) is 2.58. The molecule has 1 fully saturated rings. The Morgan fingerprint density at radius 1 is 1.47 bits per heavy atom. The van der Waals surface area contributed by atoms with Crippen molar-refractivity contribution in [2.75, 3.05) is 18.0 Å². The van der Waals surface area contributed by atoms with Gasteiger partial charge in [0.05, 0.1) is 11.3 Å². The minimum absolute atomic E-state index is 0.245. The zero-order chi connectivity index (χ0) is 12.6. The lowest BCUT2D eigenvalue weighted by atomic mass is 9.93. The molecule has 0 aliphatic carbocycles. The molecule has 0 atom stereocenters. The second-order valence-corrected chi connectivity index (χ2v) is 5.74. The van der Waals surface area contributed by atoms with Crippen LogP contribution in [0.25, 0.3) is 0 Å². The minimum Gasteiger partial charge on any atom is -0.478 e. The Bertz CT molecular complexity index is 457. The number of halogens is 1. The van der Waals surface area contributed by atoms with Crippen molar-refractivity contribution in [1.82, 2.24) is 0 Å². The molecule has 0 amide bonds.